The van der Waals surface area contributed by atoms with Gasteiger partial charge in [0.05, 0.1) is 29.2 Å². The number of esters is 1. The summed E-state index contributed by atoms with van der Waals surface area (Å²) < 4.78 is 4.99. The van der Waals surface area contributed by atoms with Crippen LogP contribution in [0.1, 0.15) is 60.3 Å². The fourth-order valence-corrected chi connectivity index (χ4v) is 3.57. The van der Waals surface area contributed by atoms with Gasteiger partial charge in [-0.2, -0.15) is 5.26 Å². The molecule has 2 aromatic rings. The van der Waals surface area contributed by atoms with Crippen molar-refractivity contribution in [2.45, 2.75) is 45.1 Å². The number of aromatic nitrogens is 1. The summed E-state index contributed by atoms with van der Waals surface area (Å²) in [4.78, 5) is 28.8. The van der Waals surface area contributed by atoms with Gasteiger partial charge in [-0.25, -0.2) is 9.78 Å². The van der Waals surface area contributed by atoms with Crippen molar-refractivity contribution in [1.29, 1.82) is 5.26 Å². The van der Waals surface area contributed by atoms with Crippen LogP contribution in [0.25, 0.3) is 0 Å². The fourth-order valence-electron chi connectivity index (χ4n) is 2.77. The number of amides is 1. The molecule has 0 aliphatic rings. The highest BCUT2D eigenvalue weighted by atomic mass is 32.2. The highest BCUT2D eigenvalue weighted by molar-refractivity contribution is 8.00. The molecule has 0 unspecified atom stereocenters. The summed E-state index contributed by atoms with van der Waals surface area (Å²) in [6.45, 7) is 7.87. The average molecular weight is 412 g/mol. The Balaban J connectivity index is 2.12. The van der Waals surface area contributed by atoms with Crippen molar-refractivity contribution in [1.82, 2.24) is 4.98 Å². The number of ether oxygens (including phenoxy) is 1. The first-order valence-electron chi connectivity index (χ1n) is 9.51. The van der Waals surface area contributed by atoms with Gasteiger partial charge in [-0.05, 0) is 43.9 Å². The largest absolute Gasteiger partial charge is 0.462 e. The van der Waals surface area contributed by atoms with Gasteiger partial charge in [-0.1, -0.05) is 43.8 Å². The van der Waals surface area contributed by atoms with Crippen molar-refractivity contribution < 1.29 is 14.3 Å². The smallest absolute Gasteiger partial charge is 0.340 e. The maximum Gasteiger partial charge on any atom is 0.340 e. The number of nitrogens with one attached hydrogen (secondary N) is 1. The van der Waals surface area contributed by atoms with E-state index in [4.69, 9.17) is 4.74 Å². The third kappa shape index (κ3) is 5.81. The molecule has 1 aromatic heterocycles. The highest BCUT2D eigenvalue weighted by Gasteiger charge is 2.17. The number of carbonyl (C=O) groups is 2. The number of pyridine rings is 1. The molecule has 152 valence electrons. The Bertz CT molecular complexity index is 937. The molecule has 6 nitrogen and oxygen atoms in total. The molecule has 0 radical (unpaired) electrons. The van der Waals surface area contributed by atoms with Crippen LogP contribution >= 0.6 is 11.8 Å². The lowest BCUT2D eigenvalue weighted by Gasteiger charge is -2.15. The zero-order valence-corrected chi connectivity index (χ0v) is 17.9. The van der Waals surface area contributed by atoms with Gasteiger partial charge in [-0.15, -0.1) is 0 Å². The van der Waals surface area contributed by atoms with Crippen LogP contribution in [-0.4, -0.2) is 29.2 Å². The van der Waals surface area contributed by atoms with Crippen LogP contribution < -0.4 is 5.32 Å². The molecular formula is C22H25N3O3S. The number of nitriles is 1. The second-order valence-corrected chi connectivity index (χ2v) is 7.50. The van der Waals surface area contributed by atoms with E-state index in [1.807, 2.05) is 30.3 Å². The van der Waals surface area contributed by atoms with Crippen LogP contribution in [0.4, 0.5) is 5.69 Å². The minimum absolute atomic E-state index is 0.106. The van der Waals surface area contributed by atoms with Crippen LogP contribution in [0.15, 0.2) is 35.4 Å². The van der Waals surface area contributed by atoms with E-state index in [9.17, 15) is 14.9 Å². The predicted molar refractivity (Wildman–Crippen MR) is 114 cm³/mol. The Morgan fingerprint density at radius 3 is 2.69 bits per heavy atom. The second kappa shape index (κ2) is 10.6. The predicted octanol–water partition coefficient (Wildman–Crippen LogP) is 4.68. The number of hydrogen-bond acceptors (Lipinski definition) is 6. The lowest BCUT2D eigenvalue weighted by atomic mass is 9.97. The van der Waals surface area contributed by atoms with Gasteiger partial charge in [0, 0.05) is 5.69 Å². The molecule has 0 saturated heterocycles. The van der Waals surface area contributed by atoms with E-state index in [1.54, 1.807) is 13.8 Å². The standard InChI is InChI=1S/C22H25N3O3S/c1-5-14(3)17-9-7-8-10-19(17)25-20(26)13-29-21-16(12-23)11-18(15(4)24-21)22(27)28-6-2/h7-11,14H,5-6,13H2,1-4H3,(H,25,26)/t14-/m1/s1. The second-order valence-electron chi connectivity index (χ2n) is 6.54. The minimum Gasteiger partial charge on any atom is -0.462 e. The number of hydrogen-bond donors (Lipinski definition) is 1. The van der Waals surface area contributed by atoms with E-state index < -0.39 is 5.97 Å². The first-order chi connectivity index (χ1) is 13.9. The van der Waals surface area contributed by atoms with Gasteiger partial charge in [-0.3, -0.25) is 4.79 Å². The van der Waals surface area contributed by atoms with Crippen molar-refractivity contribution in [3.05, 3.63) is 52.7 Å². The zero-order valence-electron chi connectivity index (χ0n) is 17.1. The number of thioether (sulfide) groups is 1. The first kappa shape index (κ1) is 22.4. The van der Waals surface area contributed by atoms with Crippen molar-refractivity contribution in [3.8, 4) is 6.07 Å². The van der Waals surface area contributed by atoms with Gasteiger partial charge >= 0.3 is 5.97 Å². The average Bonchev–Trinajstić information content (AvgIpc) is 2.72. The zero-order chi connectivity index (χ0) is 21.4. The SMILES string of the molecule is CCOC(=O)c1cc(C#N)c(SCC(=O)Nc2ccccc2[C@H](C)CC)nc1C. The Labute approximate surface area is 175 Å². The monoisotopic (exact) mass is 411 g/mol. The van der Waals surface area contributed by atoms with Crippen LogP contribution in [0.2, 0.25) is 0 Å². The van der Waals surface area contributed by atoms with E-state index in [0.717, 1.165) is 17.7 Å². The van der Waals surface area contributed by atoms with E-state index in [0.29, 0.717) is 16.6 Å². The lowest BCUT2D eigenvalue weighted by molar-refractivity contribution is -0.113. The number of anilines is 1. The fraction of sp³-hybridized carbons (Fsp3) is 0.364. The maximum absolute atomic E-state index is 12.5. The van der Waals surface area contributed by atoms with E-state index >= 15 is 0 Å². The van der Waals surface area contributed by atoms with Gasteiger partial charge < -0.3 is 10.1 Å². The number of aryl methyl sites for hydroxylation is 1. The van der Waals surface area contributed by atoms with Crippen molar-refractivity contribution in [3.63, 3.8) is 0 Å². The van der Waals surface area contributed by atoms with Crippen molar-refractivity contribution in [2.24, 2.45) is 0 Å². The minimum atomic E-state index is -0.509. The molecular weight excluding hydrogens is 386 g/mol. The molecule has 29 heavy (non-hydrogen) atoms. The third-order valence-corrected chi connectivity index (χ3v) is 5.50. The van der Waals surface area contributed by atoms with Crippen LogP contribution in [0, 0.1) is 18.3 Å². The molecule has 0 saturated carbocycles. The summed E-state index contributed by atoms with van der Waals surface area (Å²) in [7, 11) is 0. The summed E-state index contributed by atoms with van der Waals surface area (Å²) in [6, 6.07) is 11.3. The molecule has 0 spiro atoms. The Morgan fingerprint density at radius 1 is 1.31 bits per heavy atom. The summed E-state index contributed by atoms with van der Waals surface area (Å²) >= 11 is 1.17. The molecule has 1 amide bonds. The summed E-state index contributed by atoms with van der Waals surface area (Å²) in [5.74, 6) is -0.244. The quantitative estimate of drug-likeness (QED) is 0.501. The number of rotatable bonds is 8. The lowest BCUT2D eigenvalue weighted by Crippen LogP contribution is -2.16. The molecule has 2 rings (SSSR count). The molecule has 1 N–H and O–H groups in total. The molecule has 0 aliphatic heterocycles. The molecule has 0 aliphatic carbocycles. The summed E-state index contributed by atoms with van der Waals surface area (Å²) in [5, 5.41) is 12.8. The van der Waals surface area contributed by atoms with Crippen molar-refractivity contribution in [2.75, 3.05) is 17.7 Å². The molecule has 0 bridgehead atoms. The topological polar surface area (TPSA) is 92.1 Å². The van der Waals surface area contributed by atoms with Gasteiger partial charge in [0.2, 0.25) is 5.91 Å². The number of carbonyl (C=O) groups excluding carboxylic acids is 2. The number of nitrogens with zero attached hydrogens (tertiary/aromatic N) is 2. The van der Waals surface area contributed by atoms with E-state index in [1.165, 1.54) is 17.8 Å². The first-order valence-corrected chi connectivity index (χ1v) is 10.5. The van der Waals surface area contributed by atoms with E-state index in [-0.39, 0.29) is 29.4 Å². The normalized spacial score (nSPS) is 11.4. The van der Waals surface area contributed by atoms with E-state index in [2.05, 4.69) is 24.1 Å². The maximum atomic E-state index is 12.5. The molecule has 1 heterocycles. The molecule has 1 atom stereocenters. The Hall–Kier alpha value is -2.85. The van der Waals surface area contributed by atoms with Crippen molar-refractivity contribution >= 4 is 29.3 Å². The van der Waals surface area contributed by atoms with Gasteiger partial charge in [0.25, 0.3) is 0 Å². The van der Waals surface area contributed by atoms with Crippen LogP contribution in [0.3, 0.4) is 0 Å². The summed E-state index contributed by atoms with van der Waals surface area (Å²) in [5.41, 5.74) is 2.87. The third-order valence-electron chi connectivity index (χ3n) is 4.51. The molecule has 7 heteroatoms. The van der Waals surface area contributed by atoms with Crippen LogP contribution in [-0.2, 0) is 9.53 Å². The molecule has 1 aromatic carbocycles. The van der Waals surface area contributed by atoms with Crippen LogP contribution in [0.5, 0.6) is 0 Å². The number of benzene rings is 1. The Morgan fingerprint density at radius 2 is 2.03 bits per heavy atom. The Kier molecular flexibility index (Phi) is 8.22. The number of para-hydroxylation sites is 1. The van der Waals surface area contributed by atoms with Gasteiger partial charge in [0.1, 0.15) is 11.1 Å². The highest BCUT2D eigenvalue weighted by Crippen LogP contribution is 2.27. The van der Waals surface area contributed by atoms with Gasteiger partial charge in [0.15, 0.2) is 0 Å². The molecule has 0 fully saturated rings. The summed E-state index contributed by atoms with van der Waals surface area (Å²) in [6.07, 6.45) is 0.975.